The summed E-state index contributed by atoms with van der Waals surface area (Å²) in [5.74, 6) is 0.467. The first kappa shape index (κ1) is 20.8. The summed E-state index contributed by atoms with van der Waals surface area (Å²) >= 11 is 0.104. The molecule has 7 nitrogen and oxygen atoms in total. The molecule has 3 aromatic rings. The van der Waals surface area contributed by atoms with Crippen LogP contribution in [-0.2, 0) is 11.3 Å². The van der Waals surface area contributed by atoms with Gasteiger partial charge in [0.25, 0.3) is 17.2 Å². The van der Waals surface area contributed by atoms with Crippen LogP contribution < -0.4 is 4.31 Å². The number of benzene rings is 2. The Morgan fingerprint density at radius 2 is 1.90 bits per heavy atom. The third-order valence-electron chi connectivity index (χ3n) is 4.88. The summed E-state index contributed by atoms with van der Waals surface area (Å²) in [5.41, 5.74) is 2.74. The van der Waals surface area contributed by atoms with Gasteiger partial charge in [-0.25, -0.2) is 9.22 Å². The molecule has 2 unspecified atom stereocenters. The van der Waals surface area contributed by atoms with Gasteiger partial charge >= 0.3 is 0 Å². The van der Waals surface area contributed by atoms with E-state index in [1.54, 1.807) is 36.6 Å². The zero-order chi connectivity index (χ0) is 21.3. The van der Waals surface area contributed by atoms with E-state index in [-0.39, 0.29) is 11.9 Å². The lowest BCUT2D eigenvalue weighted by Crippen LogP contribution is -2.26. The van der Waals surface area contributed by atoms with Gasteiger partial charge in [0.2, 0.25) is 0 Å². The van der Waals surface area contributed by atoms with Crippen LogP contribution in [0.15, 0.2) is 76.4 Å². The maximum atomic E-state index is 13.2. The first-order chi connectivity index (χ1) is 14.4. The Bertz CT molecular complexity index is 1100. The number of anilines is 1. The molecule has 0 fully saturated rings. The third kappa shape index (κ3) is 4.18. The summed E-state index contributed by atoms with van der Waals surface area (Å²) < 4.78 is 28.4. The van der Waals surface area contributed by atoms with Crippen LogP contribution >= 0.6 is 22.6 Å². The maximum absolute atomic E-state index is 13.2. The Morgan fingerprint density at radius 1 is 1.20 bits per heavy atom. The minimum absolute atomic E-state index is 0.199. The fourth-order valence-corrected chi connectivity index (χ4v) is 3.92. The van der Waals surface area contributed by atoms with Gasteiger partial charge in [0, 0.05) is 22.6 Å². The van der Waals surface area contributed by atoms with Crippen LogP contribution in [0.1, 0.15) is 34.1 Å². The lowest BCUT2D eigenvalue weighted by Gasteiger charge is -2.19. The normalized spacial score (nSPS) is 17.0. The van der Waals surface area contributed by atoms with Crippen LogP contribution in [0.4, 0.5) is 5.69 Å². The number of halogens is 1. The van der Waals surface area contributed by atoms with Crippen molar-refractivity contribution in [1.82, 2.24) is 5.01 Å². The molecule has 4 rings (SSSR count). The molecule has 0 spiro atoms. The first-order valence-corrected chi connectivity index (χ1v) is 11.2. The Morgan fingerprint density at radius 3 is 2.50 bits per heavy atom. The van der Waals surface area contributed by atoms with Gasteiger partial charge in [-0.3, -0.25) is 13.7 Å². The van der Waals surface area contributed by atoms with Gasteiger partial charge < -0.3 is 4.42 Å². The topological polar surface area (TPSA) is 86.4 Å². The first-order valence-electron chi connectivity index (χ1n) is 9.09. The highest BCUT2D eigenvalue weighted by molar-refractivity contribution is 14.1. The molecular weight excluding hydrogens is 517 g/mol. The molecule has 0 saturated carbocycles. The number of amides is 1. The number of nitrogens with zero attached hydrogens (tertiary/aromatic N) is 3. The number of hydrogen-bond donors (Lipinski definition) is 1. The summed E-state index contributed by atoms with van der Waals surface area (Å²) in [7, 11) is 1.53. The van der Waals surface area contributed by atoms with Crippen molar-refractivity contribution >= 4 is 51.2 Å². The van der Waals surface area contributed by atoms with Gasteiger partial charge in [-0.2, -0.15) is 5.10 Å². The van der Waals surface area contributed by atoms with Crippen molar-refractivity contribution in [2.24, 2.45) is 5.10 Å². The van der Waals surface area contributed by atoms with Gasteiger partial charge in [-0.05, 0) is 76.7 Å². The second-order valence-corrected chi connectivity index (χ2v) is 8.97. The minimum Gasteiger partial charge on any atom is -0.467 e. The van der Waals surface area contributed by atoms with Crippen molar-refractivity contribution in [3.05, 3.63) is 87.4 Å². The van der Waals surface area contributed by atoms with Crippen molar-refractivity contribution < 1.29 is 18.0 Å². The Kier molecular flexibility index (Phi) is 6.02. The average molecular weight is 535 g/mol. The number of carbonyl (C=O) groups excluding carboxylic acids is 1. The Labute approximate surface area is 189 Å². The second-order valence-electron chi connectivity index (χ2n) is 6.71. The predicted octanol–water partition coefficient (Wildman–Crippen LogP) is 4.45. The van der Waals surface area contributed by atoms with Crippen LogP contribution in [0, 0.1) is 3.57 Å². The van der Waals surface area contributed by atoms with E-state index in [0.717, 1.165) is 14.8 Å². The molecular formula is C21H18IN3O4S. The number of carbonyl (C=O) groups is 1. The van der Waals surface area contributed by atoms with E-state index in [9.17, 15) is 13.6 Å². The lowest BCUT2D eigenvalue weighted by molar-refractivity contribution is 0.0693. The molecule has 0 radical (unpaired) electrons. The van der Waals surface area contributed by atoms with Crippen LogP contribution in [0.2, 0.25) is 0 Å². The van der Waals surface area contributed by atoms with Gasteiger partial charge in [0.15, 0.2) is 0 Å². The predicted molar refractivity (Wildman–Crippen MR) is 124 cm³/mol. The molecule has 0 saturated heterocycles. The summed E-state index contributed by atoms with van der Waals surface area (Å²) in [4.78, 5) is 13.2. The van der Waals surface area contributed by atoms with Gasteiger partial charge in [-0.15, -0.1) is 0 Å². The van der Waals surface area contributed by atoms with E-state index < -0.39 is 11.3 Å². The van der Waals surface area contributed by atoms with Crippen molar-refractivity contribution in [3.63, 3.8) is 0 Å². The molecule has 2 atom stereocenters. The fourth-order valence-electron chi connectivity index (χ4n) is 3.25. The monoisotopic (exact) mass is 535 g/mol. The Hall–Kier alpha value is -2.50. The highest BCUT2D eigenvalue weighted by Gasteiger charge is 2.35. The molecule has 154 valence electrons. The van der Waals surface area contributed by atoms with E-state index in [2.05, 4.69) is 27.7 Å². The van der Waals surface area contributed by atoms with Gasteiger partial charge in [0.1, 0.15) is 11.8 Å². The van der Waals surface area contributed by atoms with E-state index in [1.807, 2.05) is 30.3 Å². The molecule has 1 amide bonds. The number of rotatable bonds is 5. The second kappa shape index (κ2) is 8.70. The molecule has 2 aromatic carbocycles. The third-order valence-corrected chi connectivity index (χ3v) is 6.28. The SMILES string of the molecule is CN(c1ccc(C2=NN(C(=O)c3ccc(I)cc3)C(c3ccco3)C2)cc1)S(=O)O. The van der Waals surface area contributed by atoms with E-state index >= 15 is 0 Å². The van der Waals surface area contributed by atoms with Crippen molar-refractivity contribution in [2.75, 3.05) is 11.4 Å². The fraction of sp³-hybridized carbons (Fsp3) is 0.143. The molecule has 30 heavy (non-hydrogen) atoms. The number of hydrazone groups is 1. The van der Waals surface area contributed by atoms with E-state index in [0.29, 0.717) is 23.4 Å². The summed E-state index contributed by atoms with van der Waals surface area (Å²) in [5, 5.41) is 6.09. The molecule has 0 bridgehead atoms. The highest BCUT2D eigenvalue weighted by atomic mass is 127. The molecule has 0 aliphatic carbocycles. The van der Waals surface area contributed by atoms with E-state index in [4.69, 9.17) is 4.42 Å². The van der Waals surface area contributed by atoms with Crippen LogP contribution in [0.3, 0.4) is 0 Å². The molecule has 1 N–H and O–H groups in total. The van der Waals surface area contributed by atoms with Gasteiger partial charge in [0.05, 0.1) is 17.7 Å². The molecule has 1 aliphatic rings. The number of hydrogen-bond acceptors (Lipinski definition) is 4. The molecule has 1 aromatic heterocycles. The standard InChI is InChI=1S/C21H18IN3O4S/c1-24(30(27)28)17-10-6-14(7-11-17)18-13-19(20-3-2-12-29-20)25(23-18)21(26)15-4-8-16(22)9-5-15/h2-12,19H,13H2,1H3,(H,27,28). The molecule has 2 heterocycles. The van der Waals surface area contributed by atoms with Crippen LogP contribution in [0.25, 0.3) is 0 Å². The Balaban J connectivity index is 1.65. The largest absolute Gasteiger partial charge is 0.467 e. The zero-order valence-corrected chi connectivity index (χ0v) is 18.9. The maximum Gasteiger partial charge on any atom is 0.274 e. The van der Waals surface area contributed by atoms with Crippen molar-refractivity contribution in [3.8, 4) is 0 Å². The quantitative estimate of drug-likeness (QED) is 0.387. The highest BCUT2D eigenvalue weighted by Crippen LogP contribution is 2.34. The molecule has 9 heteroatoms. The van der Waals surface area contributed by atoms with Crippen molar-refractivity contribution in [1.29, 1.82) is 0 Å². The van der Waals surface area contributed by atoms with Crippen LogP contribution in [0.5, 0.6) is 0 Å². The lowest BCUT2D eigenvalue weighted by atomic mass is 10.0. The van der Waals surface area contributed by atoms with Crippen LogP contribution in [-0.4, -0.2) is 32.4 Å². The molecule has 1 aliphatic heterocycles. The summed E-state index contributed by atoms with van der Waals surface area (Å²) in [6.45, 7) is 0. The number of furan rings is 1. The average Bonchev–Trinajstić information content (AvgIpc) is 3.43. The minimum atomic E-state index is -2.09. The smallest absolute Gasteiger partial charge is 0.274 e. The summed E-state index contributed by atoms with van der Waals surface area (Å²) in [6.07, 6.45) is 2.09. The zero-order valence-electron chi connectivity index (χ0n) is 15.9. The van der Waals surface area contributed by atoms with E-state index in [1.165, 1.54) is 16.4 Å². The summed E-state index contributed by atoms with van der Waals surface area (Å²) in [6, 6.07) is 17.8. The van der Waals surface area contributed by atoms with Gasteiger partial charge in [-0.1, -0.05) is 12.1 Å². The van der Waals surface area contributed by atoms with Crippen molar-refractivity contribution in [2.45, 2.75) is 12.5 Å².